The SMILES string of the molecule is CC1(C(CC(=O)O)Cc2nc(-c3c[nH]c4ncc(F)cc34)ncc2F)CCC1. The lowest BCUT2D eigenvalue weighted by Gasteiger charge is -2.44. The Kier molecular flexibility index (Phi) is 4.56. The Morgan fingerprint density at radius 3 is 2.79 bits per heavy atom. The van der Waals surface area contributed by atoms with E-state index < -0.39 is 17.6 Å². The van der Waals surface area contributed by atoms with Gasteiger partial charge in [0.15, 0.2) is 11.6 Å². The maximum Gasteiger partial charge on any atom is 0.303 e. The minimum absolute atomic E-state index is 0.0303. The first-order valence-electron chi connectivity index (χ1n) is 9.22. The number of fused-ring (bicyclic) bond motifs is 1. The summed E-state index contributed by atoms with van der Waals surface area (Å²) >= 11 is 0. The van der Waals surface area contributed by atoms with E-state index in [2.05, 4.69) is 26.9 Å². The molecule has 2 N–H and O–H groups in total. The molecular formula is C20H20F2N4O2. The molecule has 1 unspecified atom stereocenters. The van der Waals surface area contributed by atoms with Crippen LogP contribution in [0.25, 0.3) is 22.4 Å². The normalized spacial score (nSPS) is 16.7. The molecule has 0 aromatic carbocycles. The van der Waals surface area contributed by atoms with Crippen molar-refractivity contribution in [2.45, 2.75) is 39.0 Å². The molecule has 6 nitrogen and oxygen atoms in total. The molecule has 1 aliphatic rings. The molecule has 3 aromatic rings. The second-order valence-electron chi connectivity index (χ2n) is 7.75. The predicted octanol–water partition coefficient (Wildman–Crippen LogP) is 4.12. The van der Waals surface area contributed by atoms with Gasteiger partial charge in [0.2, 0.25) is 0 Å². The molecule has 4 rings (SSSR count). The van der Waals surface area contributed by atoms with Gasteiger partial charge in [-0.15, -0.1) is 0 Å². The first-order chi connectivity index (χ1) is 13.4. The minimum Gasteiger partial charge on any atom is -0.481 e. The third-order valence-corrected chi connectivity index (χ3v) is 5.90. The molecule has 0 radical (unpaired) electrons. The summed E-state index contributed by atoms with van der Waals surface area (Å²) in [6.07, 6.45) is 6.90. The predicted molar refractivity (Wildman–Crippen MR) is 98.4 cm³/mol. The van der Waals surface area contributed by atoms with Crippen molar-refractivity contribution in [1.82, 2.24) is 19.9 Å². The lowest BCUT2D eigenvalue weighted by atomic mass is 9.60. The number of carboxylic acids is 1. The van der Waals surface area contributed by atoms with Crippen molar-refractivity contribution in [3.8, 4) is 11.4 Å². The van der Waals surface area contributed by atoms with E-state index >= 15 is 0 Å². The number of aromatic nitrogens is 4. The molecule has 0 aliphatic heterocycles. The molecule has 0 amide bonds. The van der Waals surface area contributed by atoms with Gasteiger partial charge in [-0.25, -0.2) is 23.7 Å². The van der Waals surface area contributed by atoms with Crippen molar-refractivity contribution < 1.29 is 18.7 Å². The van der Waals surface area contributed by atoms with E-state index in [9.17, 15) is 18.7 Å². The molecule has 1 atom stereocenters. The molecular weight excluding hydrogens is 366 g/mol. The standard InChI is InChI=1S/C20H20F2N4O2/c1-20(3-2-4-20)11(6-17(27)28)5-16-15(22)10-25-19(26-16)14-9-24-18-13(14)7-12(21)8-23-18/h7-11H,2-6H2,1H3,(H,23,24)(H,27,28). The van der Waals surface area contributed by atoms with Crippen molar-refractivity contribution in [2.24, 2.45) is 11.3 Å². The molecule has 0 spiro atoms. The van der Waals surface area contributed by atoms with E-state index in [0.29, 0.717) is 16.6 Å². The van der Waals surface area contributed by atoms with Gasteiger partial charge in [0.25, 0.3) is 0 Å². The molecule has 1 saturated carbocycles. The Bertz CT molecular complexity index is 1050. The number of H-pyrrole nitrogens is 1. The number of carbonyl (C=O) groups is 1. The molecule has 1 fully saturated rings. The summed E-state index contributed by atoms with van der Waals surface area (Å²) in [6, 6.07) is 1.32. The third kappa shape index (κ3) is 3.34. The van der Waals surface area contributed by atoms with Crippen LogP contribution >= 0.6 is 0 Å². The molecule has 3 aromatic heterocycles. The molecule has 28 heavy (non-hydrogen) atoms. The van der Waals surface area contributed by atoms with Crippen molar-refractivity contribution in [1.29, 1.82) is 0 Å². The van der Waals surface area contributed by atoms with E-state index in [-0.39, 0.29) is 35.7 Å². The molecule has 146 valence electrons. The van der Waals surface area contributed by atoms with Crippen LogP contribution in [0.1, 0.15) is 38.3 Å². The zero-order chi connectivity index (χ0) is 19.9. The zero-order valence-corrected chi connectivity index (χ0v) is 15.4. The van der Waals surface area contributed by atoms with Gasteiger partial charge in [-0.1, -0.05) is 13.3 Å². The number of carboxylic acid groups (broad SMARTS) is 1. The van der Waals surface area contributed by atoms with E-state index in [1.54, 1.807) is 6.20 Å². The second kappa shape index (κ2) is 6.92. The maximum atomic E-state index is 14.4. The average molecular weight is 386 g/mol. The number of hydrogen-bond donors (Lipinski definition) is 2. The summed E-state index contributed by atoms with van der Waals surface area (Å²) in [7, 11) is 0. The van der Waals surface area contributed by atoms with E-state index in [1.807, 2.05) is 0 Å². The summed E-state index contributed by atoms with van der Waals surface area (Å²) in [5, 5.41) is 9.80. The fraction of sp³-hybridized carbons (Fsp3) is 0.400. The van der Waals surface area contributed by atoms with Crippen LogP contribution in [0.5, 0.6) is 0 Å². The van der Waals surface area contributed by atoms with E-state index in [1.165, 1.54) is 6.07 Å². The topological polar surface area (TPSA) is 91.8 Å². The van der Waals surface area contributed by atoms with E-state index in [4.69, 9.17) is 0 Å². The summed E-state index contributed by atoms with van der Waals surface area (Å²) < 4.78 is 28.0. The summed E-state index contributed by atoms with van der Waals surface area (Å²) in [5.41, 5.74) is 1.07. The quantitative estimate of drug-likeness (QED) is 0.665. The van der Waals surface area contributed by atoms with Gasteiger partial charge in [0.05, 0.1) is 18.1 Å². The largest absolute Gasteiger partial charge is 0.481 e. The number of nitrogens with one attached hydrogen (secondary N) is 1. The van der Waals surface area contributed by atoms with E-state index in [0.717, 1.165) is 31.7 Å². The van der Waals surface area contributed by atoms with Crippen molar-refractivity contribution >= 4 is 17.0 Å². The molecule has 0 bridgehead atoms. The third-order valence-electron chi connectivity index (χ3n) is 5.90. The smallest absolute Gasteiger partial charge is 0.303 e. The van der Waals surface area contributed by atoms with Gasteiger partial charge in [0.1, 0.15) is 11.5 Å². The minimum atomic E-state index is -0.897. The second-order valence-corrected chi connectivity index (χ2v) is 7.75. The summed E-state index contributed by atoms with van der Waals surface area (Å²) in [6.45, 7) is 2.05. The number of pyridine rings is 1. The Hall–Kier alpha value is -2.90. The van der Waals surface area contributed by atoms with Crippen molar-refractivity contribution in [3.05, 3.63) is 42.0 Å². The van der Waals surface area contributed by atoms with Gasteiger partial charge < -0.3 is 10.1 Å². The lowest BCUT2D eigenvalue weighted by molar-refractivity contribution is -0.140. The number of nitrogens with zero attached hydrogens (tertiary/aromatic N) is 3. The highest BCUT2D eigenvalue weighted by Gasteiger charge is 2.41. The van der Waals surface area contributed by atoms with Crippen LogP contribution in [0.3, 0.4) is 0 Å². The van der Waals surface area contributed by atoms with Crippen LogP contribution < -0.4 is 0 Å². The highest BCUT2D eigenvalue weighted by molar-refractivity contribution is 5.91. The number of halogens is 2. The van der Waals surface area contributed by atoms with Gasteiger partial charge >= 0.3 is 5.97 Å². The van der Waals surface area contributed by atoms with Gasteiger partial charge in [-0.3, -0.25) is 4.79 Å². The van der Waals surface area contributed by atoms with Crippen LogP contribution in [-0.2, 0) is 11.2 Å². The number of aromatic amines is 1. The Labute approximate surface area is 160 Å². The van der Waals surface area contributed by atoms with Crippen LogP contribution in [0, 0.1) is 23.0 Å². The van der Waals surface area contributed by atoms with Crippen molar-refractivity contribution in [3.63, 3.8) is 0 Å². The first kappa shape index (κ1) is 18.5. The molecule has 0 saturated heterocycles. The van der Waals surface area contributed by atoms with Crippen molar-refractivity contribution in [2.75, 3.05) is 0 Å². The fourth-order valence-corrected chi connectivity index (χ4v) is 3.99. The van der Waals surface area contributed by atoms with Crippen LogP contribution in [-0.4, -0.2) is 31.0 Å². The molecule has 8 heteroatoms. The zero-order valence-electron chi connectivity index (χ0n) is 15.4. The van der Waals surface area contributed by atoms with Gasteiger partial charge in [-0.2, -0.15) is 0 Å². The highest BCUT2D eigenvalue weighted by atomic mass is 19.1. The maximum absolute atomic E-state index is 14.4. The van der Waals surface area contributed by atoms with Crippen LogP contribution in [0.4, 0.5) is 8.78 Å². The molecule has 3 heterocycles. The average Bonchev–Trinajstić information content (AvgIpc) is 3.03. The summed E-state index contributed by atoms with van der Waals surface area (Å²) in [4.78, 5) is 26.6. The Morgan fingerprint density at radius 1 is 1.32 bits per heavy atom. The number of aliphatic carboxylic acids is 1. The highest BCUT2D eigenvalue weighted by Crippen LogP contribution is 2.49. The Balaban J connectivity index is 1.70. The van der Waals surface area contributed by atoms with Gasteiger partial charge in [0, 0.05) is 23.6 Å². The summed E-state index contributed by atoms with van der Waals surface area (Å²) in [5.74, 6) is -1.91. The molecule has 1 aliphatic carbocycles. The lowest BCUT2D eigenvalue weighted by Crippen LogP contribution is -2.37. The van der Waals surface area contributed by atoms with Gasteiger partial charge in [-0.05, 0) is 36.7 Å². The first-order valence-corrected chi connectivity index (χ1v) is 9.22. The monoisotopic (exact) mass is 386 g/mol. The van der Waals surface area contributed by atoms with Crippen LogP contribution in [0.2, 0.25) is 0 Å². The van der Waals surface area contributed by atoms with Crippen LogP contribution in [0.15, 0.2) is 24.7 Å². The fourth-order valence-electron chi connectivity index (χ4n) is 3.99. The number of rotatable bonds is 6. The Morgan fingerprint density at radius 2 is 2.11 bits per heavy atom. The number of hydrogen-bond acceptors (Lipinski definition) is 4.